The Morgan fingerprint density at radius 1 is 1.45 bits per heavy atom. The lowest BCUT2D eigenvalue weighted by Crippen LogP contribution is -2.32. The number of rotatable bonds is 7. The van der Waals surface area contributed by atoms with E-state index >= 15 is 0 Å². The SMILES string of the molecule is CC(C)(CCNC(=O)c1cn(Cc2cccs2)nn1)C(=O)O. The number of thiophene rings is 1. The van der Waals surface area contributed by atoms with E-state index in [4.69, 9.17) is 5.11 Å². The lowest BCUT2D eigenvalue weighted by molar-refractivity contribution is -0.147. The molecule has 7 nitrogen and oxygen atoms in total. The number of aliphatic carboxylic acids is 1. The van der Waals surface area contributed by atoms with E-state index in [1.165, 1.54) is 0 Å². The van der Waals surface area contributed by atoms with Gasteiger partial charge in [-0.25, -0.2) is 4.68 Å². The van der Waals surface area contributed by atoms with Crippen molar-refractivity contribution in [2.24, 2.45) is 5.41 Å². The quantitative estimate of drug-likeness (QED) is 0.807. The fourth-order valence-corrected chi connectivity index (χ4v) is 2.42. The van der Waals surface area contributed by atoms with Crippen LogP contribution in [-0.4, -0.2) is 38.5 Å². The van der Waals surface area contributed by atoms with E-state index in [2.05, 4.69) is 15.6 Å². The number of nitrogens with one attached hydrogen (secondary N) is 1. The molecule has 0 aliphatic carbocycles. The highest BCUT2D eigenvalue weighted by atomic mass is 32.1. The minimum Gasteiger partial charge on any atom is -0.481 e. The molecule has 0 atom stereocenters. The molecule has 118 valence electrons. The molecular weight excluding hydrogens is 304 g/mol. The molecule has 0 aliphatic heterocycles. The second kappa shape index (κ2) is 6.69. The number of carboxylic acid groups (broad SMARTS) is 1. The summed E-state index contributed by atoms with van der Waals surface area (Å²) in [6, 6.07) is 3.94. The van der Waals surface area contributed by atoms with Crippen molar-refractivity contribution in [3.8, 4) is 0 Å². The Balaban J connectivity index is 1.85. The van der Waals surface area contributed by atoms with Crippen LogP contribution in [0.4, 0.5) is 0 Å². The summed E-state index contributed by atoms with van der Waals surface area (Å²) in [5, 5.41) is 21.4. The molecule has 0 aromatic carbocycles. The van der Waals surface area contributed by atoms with Gasteiger partial charge in [0.25, 0.3) is 5.91 Å². The van der Waals surface area contributed by atoms with Gasteiger partial charge in [0.05, 0.1) is 18.2 Å². The number of carboxylic acids is 1. The molecule has 0 spiro atoms. The second-order valence-electron chi connectivity index (χ2n) is 5.58. The molecule has 0 saturated carbocycles. The largest absolute Gasteiger partial charge is 0.481 e. The van der Waals surface area contributed by atoms with Gasteiger partial charge in [-0.1, -0.05) is 11.3 Å². The van der Waals surface area contributed by atoms with Gasteiger partial charge in [0, 0.05) is 11.4 Å². The highest BCUT2D eigenvalue weighted by Crippen LogP contribution is 2.19. The molecule has 0 fully saturated rings. The van der Waals surface area contributed by atoms with Gasteiger partial charge < -0.3 is 10.4 Å². The van der Waals surface area contributed by atoms with Crippen LogP contribution in [0.25, 0.3) is 0 Å². The van der Waals surface area contributed by atoms with Crippen molar-refractivity contribution in [3.63, 3.8) is 0 Å². The van der Waals surface area contributed by atoms with E-state index in [0.29, 0.717) is 13.0 Å². The van der Waals surface area contributed by atoms with Crippen molar-refractivity contribution in [2.75, 3.05) is 6.54 Å². The van der Waals surface area contributed by atoms with Gasteiger partial charge in [0.15, 0.2) is 5.69 Å². The normalized spacial score (nSPS) is 11.4. The second-order valence-corrected chi connectivity index (χ2v) is 6.61. The van der Waals surface area contributed by atoms with Crippen LogP contribution in [0.1, 0.15) is 35.6 Å². The average Bonchev–Trinajstić information content (AvgIpc) is 3.10. The molecule has 2 rings (SSSR count). The van der Waals surface area contributed by atoms with E-state index in [9.17, 15) is 9.59 Å². The first-order chi connectivity index (χ1) is 10.4. The number of amides is 1. The van der Waals surface area contributed by atoms with Crippen LogP contribution < -0.4 is 5.32 Å². The van der Waals surface area contributed by atoms with Crippen molar-refractivity contribution in [1.82, 2.24) is 20.3 Å². The molecule has 0 aliphatic rings. The highest BCUT2D eigenvalue weighted by molar-refractivity contribution is 7.09. The van der Waals surface area contributed by atoms with E-state index in [1.54, 1.807) is 36.1 Å². The van der Waals surface area contributed by atoms with Gasteiger partial charge in [-0.15, -0.1) is 16.4 Å². The van der Waals surface area contributed by atoms with Crippen molar-refractivity contribution in [1.29, 1.82) is 0 Å². The Morgan fingerprint density at radius 2 is 2.23 bits per heavy atom. The molecule has 1 amide bonds. The fourth-order valence-electron chi connectivity index (χ4n) is 1.73. The van der Waals surface area contributed by atoms with Crippen LogP contribution in [0.3, 0.4) is 0 Å². The zero-order valence-electron chi connectivity index (χ0n) is 12.4. The lowest BCUT2D eigenvalue weighted by atomic mass is 9.90. The van der Waals surface area contributed by atoms with E-state index in [1.807, 2.05) is 17.5 Å². The standard InChI is InChI=1S/C14H18N4O3S/c1-14(2,13(20)21)5-6-15-12(19)11-9-18(17-16-11)8-10-4-3-7-22-10/h3-4,7,9H,5-6,8H2,1-2H3,(H,15,19)(H,20,21). The Labute approximate surface area is 132 Å². The number of aromatic nitrogens is 3. The number of carbonyl (C=O) groups excluding carboxylic acids is 1. The van der Waals surface area contributed by atoms with Crippen LogP contribution >= 0.6 is 11.3 Å². The van der Waals surface area contributed by atoms with E-state index in [0.717, 1.165) is 4.88 Å². The van der Waals surface area contributed by atoms with Crippen molar-refractivity contribution < 1.29 is 14.7 Å². The zero-order chi connectivity index (χ0) is 16.2. The maximum atomic E-state index is 11.9. The topological polar surface area (TPSA) is 97.1 Å². The predicted molar refractivity (Wildman–Crippen MR) is 81.8 cm³/mol. The molecule has 0 unspecified atom stereocenters. The summed E-state index contributed by atoms with van der Waals surface area (Å²) < 4.78 is 1.60. The number of hydrogen-bond acceptors (Lipinski definition) is 5. The van der Waals surface area contributed by atoms with Crippen LogP contribution in [0.2, 0.25) is 0 Å². The van der Waals surface area contributed by atoms with Gasteiger partial charge in [0.1, 0.15) is 0 Å². The fraction of sp³-hybridized carbons (Fsp3) is 0.429. The first kappa shape index (κ1) is 16.2. The summed E-state index contributed by atoms with van der Waals surface area (Å²) in [5.41, 5.74) is -0.644. The summed E-state index contributed by atoms with van der Waals surface area (Å²) in [7, 11) is 0. The third kappa shape index (κ3) is 4.14. The maximum Gasteiger partial charge on any atom is 0.309 e. The first-order valence-electron chi connectivity index (χ1n) is 6.82. The Hall–Kier alpha value is -2.22. The molecule has 0 bridgehead atoms. The minimum atomic E-state index is -0.886. The van der Waals surface area contributed by atoms with Crippen molar-refractivity contribution >= 4 is 23.2 Å². The molecular formula is C14H18N4O3S. The molecule has 0 radical (unpaired) electrons. The lowest BCUT2D eigenvalue weighted by Gasteiger charge is -2.18. The van der Waals surface area contributed by atoms with Crippen LogP contribution in [0, 0.1) is 5.41 Å². The molecule has 0 saturated heterocycles. The van der Waals surface area contributed by atoms with Gasteiger partial charge in [-0.3, -0.25) is 9.59 Å². The summed E-state index contributed by atoms with van der Waals surface area (Å²) in [5.74, 6) is -1.23. The summed E-state index contributed by atoms with van der Waals surface area (Å²) in [4.78, 5) is 24.1. The van der Waals surface area contributed by atoms with Gasteiger partial charge in [-0.05, 0) is 31.7 Å². The zero-order valence-corrected chi connectivity index (χ0v) is 13.3. The smallest absolute Gasteiger partial charge is 0.309 e. The number of hydrogen-bond donors (Lipinski definition) is 2. The molecule has 8 heteroatoms. The third-order valence-corrected chi connectivity index (χ3v) is 4.14. The minimum absolute atomic E-state index is 0.227. The monoisotopic (exact) mass is 322 g/mol. The number of carbonyl (C=O) groups is 2. The van der Waals surface area contributed by atoms with Crippen LogP contribution in [0.15, 0.2) is 23.7 Å². The first-order valence-corrected chi connectivity index (χ1v) is 7.70. The van der Waals surface area contributed by atoms with Crippen molar-refractivity contribution in [2.45, 2.75) is 26.8 Å². The Bertz CT molecular complexity index is 649. The summed E-state index contributed by atoms with van der Waals surface area (Å²) in [6.07, 6.45) is 1.93. The van der Waals surface area contributed by atoms with Gasteiger partial charge >= 0.3 is 5.97 Å². The molecule has 2 heterocycles. The highest BCUT2D eigenvalue weighted by Gasteiger charge is 2.26. The van der Waals surface area contributed by atoms with Gasteiger partial charge in [-0.2, -0.15) is 0 Å². The molecule has 2 aromatic rings. The molecule has 22 heavy (non-hydrogen) atoms. The van der Waals surface area contributed by atoms with E-state index < -0.39 is 11.4 Å². The molecule has 2 N–H and O–H groups in total. The average molecular weight is 322 g/mol. The number of nitrogens with zero attached hydrogens (tertiary/aromatic N) is 3. The van der Waals surface area contributed by atoms with Crippen LogP contribution in [-0.2, 0) is 11.3 Å². The third-order valence-electron chi connectivity index (χ3n) is 3.28. The molecule has 2 aromatic heterocycles. The Kier molecular flexibility index (Phi) is 4.92. The Morgan fingerprint density at radius 3 is 2.86 bits per heavy atom. The summed E-state index contributed by atoms with van der Waals surface area (Å²) >= 11 is 1.61. The van der Waals surface area contributed by atoms with E-state index in [-0.39, 0.29) is 18.1 Å². The summed E-state index contributed by atoms with van der Waals surface area (Å²) in [6.45, 7) is 4.09. The van der Waals surface area contributed by atoms with Crippen molar-refractivity contribution in [3.05, 3.63) is 34.3 Å². The van der Waals surface area contributed by atoms with Crippen LogP contribution in [0.5, 0.6) is 0 Å². The predicted octanol–water partition coefficient (Wildman–Crippen LogP) is 1.62. The maximum absolute atomic E-state index is 11.9. The van der Waals surface area contributed by atoms with Gasteiger partial charge in [0.2, 0.25) is 0 Å².